The molecule has 0 aromatic heterocycles. The Morgan fingerprint density at radius 1 is 0.390 bits per heavy atom. The molecule has 10 aromatic rings. The summed E-state index contributed by atoms with van der Waals surface area (Å²) in [7, 11) is 0. The summed E-state index contributed by atoms with van der Waals surface area (Å²) >= 11 is 0. The Morgan fingerprint density at radius 3 is 1.38 bits per heavy atom. The van der Waals surface area contributed by atoms with Crippen molar-refractivity contribution in [1.29, 1.82) is 0 Å². The second-order valence-corrected chi connectivity index (χ2v) is 24.1. The van der Waals surface area contributed by atoms with Gasteiger partial charge in [0.1, 0.15) is 0 Å². The Balaban J connectivity index is 1.20. The summed E-state index contributed by atoms with van der Waals surface area (Å²) in [4.78, 5) is 7.75. The molecule has 0 fully saturated rings. The molecule has 13 rings (SSSR count). The highest BCUT2D eigenvalue weighted by molar-refractivity contribution is 7.00. The van der Waals surface area contributed by atoms with Gasteiger partial charge in [-0.2, -0.15) is 0 Å². The van der Waals surface area contributed by atoms with Crippen molar-refractivity contribution in [3.8, 4) is 33.4 Å². The SMILES string of the molecule is Cc1cc(-c2ccccc2)ccc1N1c2cc3c(cc2B2c4cc(-c5ccccc5)ccc4N(c4ccc(C(C)(C)C)cc4-c4ccccc4)c4cc(N(c5ccccc5)c5ccccc5)cc1c42)C(C)(C)CCC3(C)C. The summed E-state index contributed by atoms with van der Waals surface area (Å²) < 4.78 is 0. The molecule has 0 spiro atoms. The molecule has 10 aromatic carbocycles. The molecule has 2 heterocycles. The Morgan fingerprint density at radius 2 is 0.844 bits per heavy atom. The third-order valence-corrected chi connectivity index (χ3v) is 17.2. The van der Waals surface area contributed by atoms with Gasteiger partial charge >= 0.3 is 0 Å². The lowest BCUT2D eigenvalue weighted by Crippen LogP contribution is -2.62. The fourth-order valence-corrected chi connectivity index (χ4v) is 12.9. The summed E-state index contributed by atoms with van der Waals surface area (Å²) in [5.41, 5.74) is 27.0. The summed E-state index contributed by atoms with van der Waals surface area (Å²) in [6, 6.07) is 86.7. The number of nitrogens with zero attached hydrogens (tertiary/aromatic N) is 3. The highest BCUT2D eigenvalue weighted by atomic mass is 15.2. The van der Waals surface area contributed by atoms with E-state index >= 15 is 0 Å². The maximum Gasteiger partial charge on any atom is 0.252 e. The number of benzene rings is 10. The average Bonchev–Trinajstić information content (AvgIpc) is 3.64. The first-order valence-corrected chi connectivity index (χ1v) is 27.7. The van der Waals surface area contributed by atoms with Gasteiger partial charge in [0.2, 0.25) is 0 Å². The summed E-state index contributed by atoms with van der Waals surface area (Å²) in [6.07, 6.45) is 2.26. The highest BCUT2D eigenvalue weighted by Crippen LogP contribution is 2.53. The van der Waals surface area contributed by atoms with Gasteiger partial charge in [0.25, 0.3) is 6.71 Å². The predicted octanol–water partition coefficient (Wildman–Crippen LogP) is 18.2. The van der Waals surface area contributed by atoms with E-state index in [1.54, 1.807) is 0 Å². The number of para-hydroxylation sites is 2. The van der Waals surface area contributed by atoms with Crippen LogP contribution in [0.5, 0.6) is 0 Å². The molecule has 0 unspecified atom stereocenters. The van der Waals surface area contributed by atoms with Crippen LogP contribution in [0.2, 0.25) is 0 Å². The molecule has 3 aliphatic rings. The quantitative estimate of drug-likeness (QED) is 0.141. The van der Waals surface area contributed by atoms with Crippen molar-refractivity contribution < 1.29 is 0 Å². The van der Waals surface area contributed by atoms with Gasteiger partial charge < -0.3 is 14.7 Å². The van der Waals surface area contributed by atoms with Crippen LogP contribution in [0.15, 0.2) is 231 Å². The average molecular weight is 996 g/mol. The van der Waals surface area contributed by atoms with E-state index in [4.69, 9.17) is 0 Å². The lowest BCUT2D eigenvalue weighted by atomic mass is 9.33. The van der Waals surface area contributed by atoms with Gasteiger partial charge in [-0.25, -0.2) is 0 Å². The minimum Gasteiger partial charge on any atom is -0.311 e. The molecular formula is C73H66BN3. The van der Waals surface area contributed by atoms with E-state index in [1.807, 2.05) is 0 Å². The van der Waals surface area contributed by atoms with Gasteiger partial charge in [-0.3, -0.25) is 0 Å². The van der Waals surface area contributed by atoms with Crippen molar-refractivity contribution in [1.82, 2.24) is 0 Å². The van der Waals surface area contributed by atoms with Crippen LogP contribution in [-0.2, 0) is 16.2 Å². The Kier molecular flexibility index (Phi) is 11.6. The lowest BCUT2D eigenvalue weighted by Gasteiger charge is -2.48. The van der Waals surface area contributed by atoms with E-state index in [0.717, 1.165) is 35.6 Å². The first-order valence-electron chi connectivity index (χ1n) is 27.7. The maximum atomic E-state index is 2.67. The molecule has 2 aliphatic heterocycles. The number of anilines is 9. The zero-order chi connectivity index (χ0) is 52.8. The van der Waals surface area contributed by atoms with E-state index < -0.39 is 0 Å². The van der Waals surface area contributed by atoms with E-state index in [-0.39, 0.29) is 23.0 Å². The van der Waals surface area contributed by atoms with Crippen LogP contribution in [0.25, 0.3) is 33.4 Å². The minimum atomic E-state index is -0.0961. The van der Waals surface area contributed by atoms with Crippen molar-refractivity contribution in [2.75, 3.05) is 14.7 Å². The van der Waals surface area contributed by atoms with E-state index in [9.17, 15) is 0 Å². The standard InChI is InChI=1S/C73H66BN3/c1-49-42-53(50-24-14-9-15-25-50)34-37-64(49)76-67-48-61-60(72(5,6)40-41-73(61,7)8)47-63(67)74-62-43-54(51-26-16-10-17-27-51)35-38-66(62)77(65-39-36-55(71(2,3)4)44-59(65)52-28-18-11-19-29-52)69-46-58(45-68(76)70(69)74)75(56-30-20-12-21-31-56)57-32-22-13-23-33-57/h9-39,42-48H,40-41H2,1-8H3. The van der Waals surface area contributed by atoms with Crippen LogP contribution in [0.1, 0.15) is 83.6 Å². The molecule has 0 saturated heterocycles. The lowest BCUT2D eigenvalue weighted by molar-refractivity contribution is 0.332. The largest absolute Gasteiger partial charge is 0.311 e. The van der Waals surface area contributed by atoms with Crippen LogP contribution < -0.4 is 31.1 Å². The van der Waals surface area contributed by atoms with Crippen molar-refractivity contribution in [3.05, 3.63) is 253 Å². The Hall–Kier alpha value is -8.34. The summed E-state index contributed by atoms with van der Waals surface area (Å²) in [6.45, 7) is 19.1. The zero-order valence-electron chi connectivity index (χ0n) is 45.8. The predicted molar refractivity (Wildman–Crippen MR) is 330 cm³/mol. The number of hydrogen-bond acceptors (Lipinski definition) is 3. The number of aryl methyl sites for hydroxylation is 1. The normalized spacial score (nSPS) is 14.8. The van der Waals surface area contributed by atoms with Gasteiger partial charge in [-0.15, -0.1) is 0 Å². The van der Waals surface area contributed by atoms with Crippen LogP contribution in [-0.4, -0.2) is 6.71 Å². The molecule has 0 radical (unpaired) electrons. The fourth-order valence-electron chi connectivity index (χ4n) is 12.9. The number of rotatable bonds is 8. The Labute approximate surface area is 457 Å². The molecule has 0 amide bonds. The topological polar surface area (TPSA) is 9.72 Å². The highest BCUT2D eigenvalue weighted by Gasteiger charge is 2.47. The van der Waals surface area contributed by atoms with Gasteiger partial charge in [0, 0.05) is 45.4 Å². The fraction of sp³-hybridized carbons (Fsp3) is 0.178. The second-order valence-electron chi connectivity index (χ2n) is 24.1. The smallest absolute Gasteiger partial charge is 0.252 e. The van der Waals surface area contributed by atoms with Crippen LogP contribution in [0.3, 0.4) is 0 Å². The van der Waals surface area contributed by atoms with E-state index in [1.165, 1.54) is 100 Å². The van der Waals surface area contributed by atoms with Crippen LogP contribution in [0.4, 0.5) is 51.2 Å². The number of hydrogen-bond donors (Lipinski definition) is 0. The molecule has 0 bridgehead atoms. The Bertz CT molecular complexity index is 3820. The van der Waals surface area contributed by atoms with E-state index in [0.29, 0.717) is 0 Å². The first-order chi connectivity index (χ1) is 37.2. The van der Waals surface area contributed by atoms with Crippen molar-refractivity contribution >= 4 is 74.3 Å². The van der Waals surface area contributed by atoms with Crippen molar-refractivity contribution in [2.45, 2.75) is 84.5 Å². The molecular weight excluding hydrogens is 930 g/mol. The summed E-state index contributed by atoms with van der Waals surface area (Å²) in [5.74, 6) is 0. The molecule has 376 valence electrons. The molecule has 0 N–H and O–H groups in total. The second kappa shape index (κ2) is 18.5. The van der Waals surface area contributed by atoms with Crippen LogP contribution in [0, 0.1) is 6.92 Å². The molecule has 4 heteroatoms. The van der Waals surface area contributed by atoms with Crippen LogP contribution >= 0.6 is 0 Å². The van der Waals surface area contributed by atoms with E-state index in [2.05, 4.69) is 301 Å². The molecule has 1 aliphatic carbocycles. The first kappa shape index (κ1) is 48.3. The third-order valence-electron chi connectivity index (χ3n) is 17.2. The minimum absolute atomic E-state index is 0.00833. The van der Waals surface area contributed by atoms with Gasteiger partial charge in [-0.05, 0) is 175 Å². The molecule has 77 heavy (non-hydrogen) atoms. The van der Waals surface area contributed by atoms with Gasteiger partial charge in [0.15, 0.2) is 0 Å². The van der Waals surface area contributed by atoms with Gasteiger partial charge in [-0.1, -0.05) is 206 Å². The zero-order valence-corrected chi connectivity index (χ0v) is 45.8. The van der Waals surface area contributed by atoms with Crippen molar-refractivity contribution in [2.24, 2.45) is 0 Å². The molecule has 3 nitrogen and oxygen atoms in total. The van der Waals surface area contributed by atoms with Crippen molar-refractivity contribution in [3.63, 3.8) is 0 Å². The van der Waals surface area contributed by atoms with Gasteiger partial charge in [0.05, 0.1) is 11.4 Å². The number of fused-ring (bicyclic) bond motifs is 5. The maximum absolute atomic E-state index is 2.67. The summed E-state index contributed by atoms with van der Waals surface area (Å²) in [5, 5.41) is 0. The monoisotopic (exact) mass is 996 g/mol. The molecule has 0 saturated carbocycles. The molecule has 0 atom stereocenters. The third kappa shape index (κ3) is 8.28.